The zero-order valence-electron chi connectivity index (χ0n) is 12.8. The van der Waals surface area contributed by atoms with Crippen molar-refractivity contribution in [3.63, 3.8) is 0 Å². The molecule has 1 saturated heterocycles. The minimum atomic E-state index is -3.41. The van der Waals surface area contributed by atoms with Gasteiger partial charge in [-0.1, -0.05) is 19.9 Å². The maximum atomic E-state index is 12.6. The van der Waals surface area contributed by atoms with Crippen LogP contribution in [-0.4, -0.2) is 50.3 Å². The van der Waals surface area contributed by atoms with E-state index in [1.165, 1.54) is 6.07 Å². The highest BCUT2D eigenvalue weighted by Gasteiger charge is 2.28. The van der Waals surface area contributed by atoms with Crippen LogP contribution in [0, 0.1) is 5.92 Å². The molecule has 0 aliphatic carbocycles. The predicted octanol–water partition coefficient (Wildman–Crippen LogP) is 1.62. The molecule has 0 bridgehead atoms. The normalized spacial score (nSPS) is 18.2. The van der Waals surface area contributed by atoms with Gasteiger partial charge in [0.15, 0.2) is 0 Å². The van der Waals surface area contributed by atoms with Crippen LogP contribution in [-0.2, 0) is 10.0 Å². The molecule has 1 heterocycles. The van der Waals surface area contributed by atoms with Crippen molar-refractivity contribution in [1.29, 1.82) is 0 Å². The van der Waals surface area contributed by atoms with Crippen LogP contribution in [0.25, 0.3) is 0 Å². The maximum Gasteiger partial charge on any atom is 0.243 e. The van der Waals surface area contributed by atoms with Gasteiger partial charge >= 0.3 is 0 Å². The molecule has 1 aliphatic rings. The maximum absolute atomic E-state index is 12.6. The third kappa shape index (κ3) is 4.18. The summed E-state index contributed by atoms with van der Waals surface area (Å²) >= 11 is 0. The number of sulfonamides is 1. The molecule has 2 rings (SSSR count). The molecule has 0 aromatic heterocycles. The van der Waals surface area contributed by atoms with E-state index in [4.69, 9.17) is 5.73 Å². The topological polar surface area (TPSA) is 66.6 Å². The van der Waals surface area contributed by atoms with Crippen LogP contribution in [0.2, 0.25) is 0 Å². The molecule has 1 aliphatic heterocycles. The second kappa shape index (κ2) is 6.77. The number of piperazine rings is 1. The number of hydrogen-bond acceptors (Lipinski definition) is 4. The molecule has 118 valence electrons. The Kier molecular flexibility index (Phi) is 5.24. The van der Waals surface area contributed by atoms with Crippen LogP contribution in [0.1, 0.15) is 20.3 Å². The van der Waals surface area contributed by atoms with Crippen molar-refractivity contribution in [3.8, 4) is 0 Å². The molecule has 0 spiro atoms. The highest BCUT2D eigenvalue weighted by Crippen LogP contribution is 2.19. The van der Waals surface area contributed by atoms with Crippen LogP contribution in [0.5, 0.6) is 0 Å². The van der Waals surface area contributed by atoms with E-state index < -0.39 is 10.0 Å². The molecular formula is C15H25N3O2S. The lowest BCUT2D eigenvalue weighted by Gasteiger charge is -2.34. The molecule has 1 fully saturated rings. The largest absolute Gasteiger partial charge is 0.399 e. The minimum absolute atomic E-state index is 0.290. The van der Waals surface area contributed by atoms with Crippen molar-refractivity contribution in [2.45, 2.75) is 25.2 Å². The van der Waals surface area contributed by atoms with Crippen molar-refractivity contribution in [2.75, 3.05) is 38.5 Å². The molecule has 0 unspecified atom stereocenters. The average molecular weight is 311 g/mol. The van der Waals surface area contributed by atoms with E-state index >= 15 is 0 Å². The second-order valence-electron chi connectivity index (χ2n) is 6.00. The Morgan fingerprint density at radius 2 is 1.86 bits per heavy atom. The fourth-order valence-corrected chi connectivity index (χ4v) is 3.94. The summed E-state index contributed by atoms with van der Waals surface area (Å²) in [6.45, 7) is 8.16. The number of anilines is 1. The molecule has 0 amide bonds. The fourth-order valence-electron chi connectivity index (χ4n) is 2.46. The van der Waals surface area contributed by atoms with Crippen LogP contribution in [0.15, 0.2) is 29.2 Å². The molecule has 1 aromatic carbocycles. The lowest BCUT2D eigenvalue weighted by atomic mass is 10.1. The van der Waals surface area contributed by atoms with Gasteiger partial charge in [-0.05, 0) is 37.1 Å². The molecular weight excluding hydrogens is 286 g/mol. The number of nitrogens with two attached hydrogens (primary N) is 1. The third-order valence-corrected chi connectivity index (χ3v) is 5.74. The Hall–Kier alpha value is -1.11. The van der Waals surface area contributed by atoms with E-state index in [-0.39, 0.29) is 4.90 Å². The molecule has 6 heteroatoms. The molecule has 1 aromatic rings. The summed E-state index contributed by atoms with van der Waals surface area (Å²) in [4.78, 5) is 2.63. The van der Waals surface area contributed by atoms with Crippen molar-refractivity contribution < 1.29 is 8.42 Å². The molecule has 0 saturated carbocycles. The number of benzene rings is 1. The Labute approximate surface area is 127 Å². The van der Waals surface area contributed by atoms with Gasteiger partial charge in [0.05, 0.1) is 4.90 Å². The van der Waals surface area contributed by atoms with Gasteiger partial charge in [0.1, 0.15) is 0 Å². The molecule has 2 N–H and O–H groups in total. The van der Waals surface area contributed by atoms with Crippen LogP contribution in [0.3, 0.4) is 0 Å². The first kappa shape index (κ1) is 16.3. The zero-order valence-corrected chi connectivity index (χ0v) is 13.6. The molecule has 21 heavy (non-hydrogen) atoms. The SMILES string of the molecule is CC(C)CCN1CCN(S(=O)(=O)c2cccc(N)c2)CC1. The first-order chi connectivity index (χ1) is 9.89. The predicted molar refractivity (Wildman–Crippen MR) is 85.5 cm³/mol. The summed E-state index contributed by atoms with van der Waals surface area (Å²) < 4.78 is 26.7. The van der Waals surface area contributed by atoms with E-state index in [0.29, 0.717) is 24.7 Å². The summed E-state index contributed by atoms with van der Waals surface area (Å²) in [5, 5.41) is 0. The summed E-state index contributed by atoms with van der Waals surface area (Å²) in [5.74, 6) is 0.680. The van der Waals surface area contributed by atoms with E-state index in [0.717, 1.165) is 26.1 Å². The number of hydrogen-bond donors (Lipinski definition) is 1. The van der Waals surface area contributed by atoms with Gasteiger partial charge in [0.2, 0.25) is 10.0 Å². The monoisotopic (exact) mass is 311 g/mol. The van der Waals surface area contributed by atoms with Crippen LogP contribution >= 0.6 is 0 Å². The molecule has 0 atom stereocenters. The Balaban J connectivity index is 1.98. The lowest BCUT2D eigenvalue weighted by Crippen LogP contribution is -2.48. The lowest BCUT2D eigenvalue weighted by molar-refractivity contribution is 0.180. The van der Waals surface area contributed by atoms with Crippen molar-refractivity contribution in [3.05, 3.63) is 24.3 Å². The van der Waals surface area contributed by atoms with Crippen molar-refractivity contribution in [2.24, 2.45) is 5.92 Å². The summed E-state index contributed by atoms with van der Waals surface area (Å²) in [5.41, 5.74) is 6.16. The van der Waals surface area contributed by atoms with E-state index in [2.05, 4.69) is 18.7 Å². The highest BCUT2D eigenvalue weighted by atomic mass is 32.2. The Bertz CT molecular complexity index is 564. The first-order valence-corrected chi connectivity index (χ1v) is 8.91. The Morgan fingerprint density at radius 1 is 1.19 bits per heavy atom. The smallest absolute Gasteiger partial charge is 0.243 e. The number of nitrogens with zero attached hydrogens (tertiary/aromatic N) is 2. The van der Waals surface area contributed by atoms with E-state index in [9.17, 15) is 8.42 Å². The van der Waals surface area contributed by atoms with Gasteiger partial charge in [-0.25, -0.2) is 8.42 Å². The van der Waals surface area contributed by atoms with Gasteiger partial charge in [-0.15, -0.1) is 0 Å². The van der Waals surface area contributed by atoms with Gasteiger partial charge in [-0.2, -0.15) is 4.31 Å². The van der Waals surface area contributed by atoms with Gasteiger partial charge in [0.25, 0.3) is 0 Å². The zero-order chi connectivity index (χ0) is 15.5. The standard InChI is InChI=1S/C15H25N3O2S/c1-13(2)6-7-17-8-10-18(11-9-17)21(19,20)15-5-3-4-14(16)12-15/h3-5,12-13H,6-11,16H2,1-2H3. The quantitative estimate of drug-likeness (QED) is 0.839. The van der Waals surface area contributed by atoms with E-state index in [1.54, 1.807) is 22.5 Å². The van der Waals surface area contributed by atoms with Gasteiger partial charge < -0.3 is 10.6 Å². The molecule has 5 nitrogen and oxygen atoms in total. The summed E-state index contributed by atoms with van der Waals surface area (Å²) in [6.07, 6.45) is 1.15. The summed E-state index contributed by atoms with van der Waals surface area (Å²) in [6, 6.07) is 6.52. The highest BCUT2D eigenvalue weighted by molar-refractivity contribution is 7.89. The first-order valence-electron chi connectivity index (χ1n) is 7.47. The minimum Gasteiger partial charge on any atom is -0.399 e. The van der Waals surface area contributed by atoms with Crippen LogP contribution < -0.4 is 5.73 Å². The van der Waals surface area contributed by atoms with Gasteiger partial charge in [-0.3, -0.25) is 0 Å². The third-order valence-electron chi connectivity index (χ3n) is 3.85. The van der Waals surface area contributed by atoms with Crippen molar-refractivity contribution in [1.82, 2.24) is 9.21 Å². The Morgan fingerprint density at radius 3 is 2.43 bits per heavy atom. The number of rotatable bonds is 5. The van der Waals surface area contributed by atoms with E-state index in [1.807, 2.05) is 0 Å². The fraction of sp³-hybridized carbons (Fsp3) is 0.600. The average Bonchev–Trinajstić information content (AvgIpc) is 2.45. The van der Waals surface area contributed by atoms with Gasteiger partial charge in [0, 0.05) is 31.9 Å². The van der Waals surface area contributed by atoms with Crippen molar-refractivity contribution >= 4 is 15.7 Å². The molecule has 0 radical (unpaired) electrons. The van der Waals surface area contributed by atoms with Crippen LogP contribution in [0.4, 0.5) is 5.69 Å². The summed E-state index contributed by atoms with van der Waals surface area (Å²) in [7, 11) is -3.41. The second-order valence-corrected chi connectivity index (χ2v) is 7.94. The number of nitrogen functional groups attached to an aromatic ring is 1.